The SMILES string of the molecule is Cc1c(Cl)nnc(Sc2nc3ccccc3[nH]2)c1C. The minimum Gasteiger partial charge on any atom is -0.333 e. The molecule has 0 aliphatic carbocycles. The molecular formula is C13H11ClN4S. The predicted octanol–water partition coefficient (Wildman–Crippen LogP) is 3.77. The molecule has 0 aliphatic heterocycles. The van der Waals surface area contributed by atoms with E-state index in [1.54, 1.807) is 0 Å². The molecule has 4 nitrogen and oxygen atoms in total. The van der Waals surface area contributed by atoms with Gasteiger partial charge in [0.2, 0.25) is 0 Å². The van der Waals surface area contributed by atoms with E-state index >= 15 is 0 Å². The fraction of sp³-hybridized carbons (Fsp3) is 0.154. The molecular weight excluding hydrogens is 280 g/mol. The van der Waals surface area contributed by atoms with Gasteiger partial charge in [0.15, 0.2) is 10.3 Å². The van der Waals surface area contributed by atoms with E-state index < -0.39 is 0 Å². The highest BCUT2D eigenvalue weighted by Crippen LogP contribution is 2.30. The number of aromatic amines is 1. The fourth-order valence-electron chi connectivity index (χ4n) is 1.72. The lowest BCUT2D eigenvalue weighted by atomic mass is 10.2. The quantitative estimate of drug-likeness (QED) is 0.780. The van der Waals surface area contributed by atoms with Crippen molar-refractivity contribution in [2.75, 3.05) is 0 Å². The van der Waals surface area contributed by atoms with Gasteiger partial charge in [0.25, 0.3) is 0 Å². The molecule has 0 saturated carbocycles. The topological polar surface area (TPSA) is 54.5 Å². The van der Waals surface area contributed by atoms with Gasteiger partial charge in [-0.05, 0) is 48.9 Å². The van der Waals surface area contributed by atoms with Crippen molar-refractivity contribution in [2.24, 2.45) is 0 Å². The van der Waals surface area contributed by atoms with Crippen LogP contribution in [-0.4, -0.2) is 20.2 Å². The highest BCUT2D eigenvalue weighted by atomic mass is 35.5. The number of hydrogen-bond acceptors (Lipinski definition) is 4. The summed E-state index contributed by atoms with van der Waals surface area (Å²) < 4.78 is 0. The van der Waals surface area contributed by atoms with Crippen molar-refractivity contribution in [3.63, 3.8) is 0 Å². The zero-order valence-corrected chi connectivity index (χ0v) is 12.0. The summed E-state index contributed by atoms with van der Waals surface area (Å²) in [5.74, 6) is 0. The number of aromatic nitrogens is 4. The van der Waals surface area contributed by atoms with Crippen LogP contribution in [0, 0.1) is 13.8 Å². The van der Waals surface area contributed by atoms with Gasteiger partial charge < -0.3 is 4.98 Å². The van der Waals surface area contributed by atoms with E-state index in [-0.39, 0.29) is 0 Å². The summed E-state index contributed by atoms with van der Waals surface area (Å²) in [7, 11) is 0. The second-order valence-electron chi connectivity index (χ2n) is 4.21. The Morgan fingerprint density at radius 1 is 1.11 bits per heavy atom. The van der Waals surface area contributed by atoms with Crippen molar-refractivity contribution >= 4 is 34.4 Å². The monoisotopic (exact) mass is 290 g/mol. The molecule has 3 aromatic rings. The Morgan fingerprint density at radius 2 is 1.89 bits per heavy atom. The molecule has 0 radical (unpaired) electrons. The number of imidazole rings is 1. The second kappa shape index (κ2) is 4.83. The van der Waals surface area contributed by atoms with Crippen LogP contribution in [0.25, 0.3) is 11.0 Å². The second-order valence-corrected chi connectivity index (χ2v) is 5.54. The Morgan fingerprint density at radius 3 is 2.68 bits per heavy atom. The number of hydrogen-bond donors (Lipinski definition) is 1. The van der Waals surface area contributed by atoms with Crippen LogP contribution in [0.4, 0.5) is 0 Å². The normalized spacial score (nSPS) is 11.1. The van der Waals surface area contributed by atoms with Crippen molar-refractivity contribution in [1.82, 2.24) is 20.2 Å². The molecule has 0 spiro atoms. The number of nitrogens with zero attached hydrogens (tertiary/aromatic N) is 3. The van der Waals surface area contributed by atoms with E-state index in [9.17, 15) is 0 Å². The predicted molar refractivity (Wildman–Crippen MR) is 76.7 cm³/mol. The fourth-order valence-corrected chi connectivity index (χ4v) is 2.78. The smallest absolute Gasteiger partial charge is 0.172 e. The van der Waals surface area contributed by atoms with E-state index in [1.807, 2.05) is 38.1 Å². The van der Waals surface area contributed by atoms with Crippen LogP contribution in [-0.2, 0) is 0 Å². The van der Waals surface area contributed by atoms with Crippen LogP contribution in [0.2, 0.25) is 5.15 Å². The van der Waals surface area contributed by atoms with Crippen molar-refractivity contribution in [3.05, 3.63) is 40.5 Å². The molecule has 6 heteroatoms. The number of nitrogens with one attached hydrogen (secondary N) is 1. The minimum atomic E-state index is 0.450. The van der Waals surface area contributed by atoms with Crippen LogP contribution < -0.4 is 0 Å². The van der Waals surface area contributed by atoms with Gasteiger partial charge in [-0.3, -0.25) is 0 Å². The summed E-state index contributed by atoms with van der Waals surface area (Å²) in [5, 5.41) is 10.1. The lowest BCUT2D eigenvalue weighted by Crippen LogP contribution is -1.95. The van der Waals surface area contributed by atoms with E-state index in [0.29, 0.717) is 5.15 Å². The van der Waals surface area contributed by atoms with E-state index in [0.717, 1.165) is 32.3 Å². The molecule has 1 N–H and O–H groups in total. The van der Waals surface area contributed by atoms with Crippen LogP contribution in [0.3, 0.4) is 0 Å². The first-order chi connectivity index (χ1) is 9.15. The van der Waals surface area contributed by atoms with Gasteiger partial charge in [0.05, 0.1) is 11.0 Å². The summed E-state index contributed by atoms with van der Waals surface area (Å²) in [5.41, 5.74) is 3.95. The minimum absolute atomic E-state index is 0.450. The molecule has 2 aromatic heterocycles. The number of fused-ring (bicyclic) bond motifs is 1. The maximum atomic E-state index is 5.95. The van der Waals surface area contributed by atoms with Crippen molar-refractivity contribution < 1.29 is 0 Å². The Hall–Kier alpha value is -1.59. The Labute approximate surface area is 119 Å². The van der Waals surface area contributed by atoms with E-state index in [1.165, 1.54) is 11.8 Å². The van der Waals surface area contributed by atoms with Crippen molar-refractivity contribution in [1.29, 1.82) is 0 Å². The number of halogens is 1. The maximum absolute atomic E-state index is 5.95. The third kappa shape index (κ3) is 2.31. The molecule has 1 aromatic carbocycles. The highest BCUT2D eigenvalue weighted by Gasteiger charge is 2.11. The van der Waals surface area contributed by atoms with Crippen LogP contribution in [0.15, 0.2) is 34.4 Å². The first-order valence-corrected chi connectivity index (χ1v) is 6.96. The average Bonchev–Trinajstić information content (AvgIpc) is 2.82. The molecule has 0 aliphatic rings. The van der Waals surface area contributed by atoms with Crippen molar-refractivity contribution in [3.8, 4) is 0 Å². The van der Waals surface area contributed by atoms with Gasteiger partial charge in [0.1, 0.15) is 5.03 Å². The number of H-pyrrole nitrogens is 1. The van der Waals surface area contributed by atoms with Gasteiger partial charge in [-0.25, -0.2) is 4.98 Å². The highest BCUT2D eigenvalue weighted by molar-refractivity contribution is 7.99. The molecule has 0 fully saturated rings. The molecule has 0 bridgehead atoms. The summed E-state index contributed by atoms with van der Waals surface area (Å²) in [4.78, 5) is 7.76. The van der Waals surface area contributed by atoms with E-state index in [2.05, 4.69) is 20.2 Å². The lowest BCUT2D eigenvalue weighted by molar-refractivity contribution is 0.887. The first kappa shape index (κ1) is 12.4. The molecule has 2 heterocycles. The summed E-state index contributed by atoms with van der Waals surface area (Å²) >= 11 is 7.41. The number of rotatable bonds is 2. The number of para-hydroxylation sites is 2. The van der Waals surface area contributed by atoms with Gasteiger partial charge in [-0.1, -0.05) is 23.7 Å². The standard InChI is InChI=1S/C13H11ClN4S/c1-7-8(2)12(18-17-11(7)14)19-13-15-9-5-3-4-6-10(9)16-13/h3-6H,1-2H3,(H,15,16). The van der Waals surface area contributed by atoms with Crippen LogP contribution >= 0.6 is 23.4 Å². The molecule has 0 unspecified atom stereocenters. The van der Waals surface area contributed by atoms with Crippen LogP contribution in [0.1, 0.15) is 11.1 Å². The molecule has 0 atom stereocenters. The van der Waals surface area contributed by atoms with E-state index in [4.69, 9.17) is 11.6 Å². The Kier molecular flexibility index (Phi) is 3.16. The summed E-state index contributed by atoms with van der Waals surface area (Å²) in [6, 6.07) is 7.92. The third-order valence-corrected chi connectivity index (χ3v) is 4.31. The van der Waals surface area contributed by atoms with Gasteiger partial charge in [-0.15, -0.1) is 10.2 Å². The lowest BCUT2D eigenvalue weighted by Gasteiger charge is -2.05. The summed E-state index contributed by atoms with van der Waals surface area (Å²) in [6.07, 6.45) is 0. The molecule has 19 heavy (non-hydrogen) atoms. The first-order valence-electron chi connectivity index (χ1n) is 5.77. The van der Waals surface area contributed by atoms with Crippen molar-refractivity contribution in [2.45, 2.75) is 24.0 Å². The zero-order valence-electron chi connectivity index (χ0n) is 10.4. The Bertz CT molecular complexity index is 720. The Balaban J connectivity index is 1.99. The summed E-state index contributed by atoms with van der Waals surface area (Å²) in [6.45, 7) is 3.93. The van der Waals surface area contributed by atoms with Gasteiger partial charge >= 0.3 is 0 Å². The molecule has 0 amide bonds. The van der Waals surface area contributed by atoms with Crippen LogP contribution in [0.5, 0.6) is 0 Å². The average molecular weight is 291 g/mol. The van der Waals surface area contributed by atoms with Gasteiger partial charge in [-0.2, -0.15) is 0 Å². The zero-order chi connectivity index (χ0) is 13.4. The molecule has 0 saturated heterocycles. The molecule has 3 rings (SSSR count). The molecule has 96 valence electrons. The number of benzene rings is 1. The van der Waals surface area contributed by atoms with Gasteiger partial charge in [0, 0.05) is 0 Å². The third-order valence-electron chi connectivity index (χ3n) is 2.98. The maximum Gasteiger partial charge on any atom is 0.172 e. The largest absolute Gasteiger partial charge is 0.333 e.